The maximum atomic E-state index is 3.61. The second kappa shape index (κ2) is 6.46. The predicted molar refractivity (Wildman–Crippen MR) is 76.9 cm³/mol. The first-order valence-electron chi connectivity index (χ1n) is 6.69. The van der Waals surface area contributed by atoms with Crippen molar-refractivity contribution in [3.63, 3.8) is 0 Å². The molecule has 1 atom stereocenters. The summed E-state index contributed by atoms with van der Waals surface area (Å²) >= 11 is 2.00. The van der Waals surface area contributed by atoms with E-state index < -0.39 is 0 Å². The van der Waals surface area contributed by atoms with E-state index in [2.05, 4.69) is 37.4 Å². The zero-order chi connectivity index (χ0) is 12.1. The number of thioether (sulfide) groups is 1. The lowest BCUT2D eigenvalue weighted by Gasteiger charge is -2.23. The standard InChI is InChI=1S/C15H23NS/c1-12-6-7-15(11-13(12)2)17-10-8-14-5-3-4-9-16-14/h6-7,11,14,16H,3-5,8-10H2,1-2H3. The van der Waals surface area contributed by atoms with Gasteiger partial charge in [0.1, 0.15) is 0 Å². The highest BCUT2D eigenvalue weighted by molar-refractivity contribution is 7.99. The van der Waals surface area contributed by atoms with Gasteiger partial charge < -0.3 is 5.32 Å². The van der Waals surface area contributed by atoms with Crippen LogP contribution in [-0.4, -0.2) is 18.3 Å². The summed E-state index contributed by atoms with van der Waals surface area (Å²) in [5.74, 6) is 1.24. The number of piperidine rings is 1. The number of rotatable bonds is 4. The van der Waals surface area contributed by atoms with Crippen LogP contribution in [0.15, 0.2) is 23.1 Å². The first-order valence-corrected chi connectivity index (χ1v) is 7.68. The molecule has 0 saturated carbocycles. The molecule has 1 fully saturated rings. The fourth-order valence-electron chi connectivity index (χ4n) is 2.29. The summed E-state index contributed by atoms with van der Waals surface area (Å²) in [7, 11) is 0. The average molecular weight is 249 g/mol. The Morgan fingerprint density at radius 3 is 2.82 bits per heavy atom. The van der Waals surface area contributed by atoms with Crippen molar-refractivity contribution in [2.45, 2.75) is 50.5 Å². The summed E-state index contributed by atoms with van der Waals surface area (Å²) in [6.45, 7) is 5.59. The van der Waals surface area contributed by atoms with E-state index in [0.29, 0.717) is 0 Å². The summed E-state index contributed by atoms with van der Waals surface area (Å²) in [6, 6.07) is 7.56. The highest BCUT2D eigenvalue weighted by atomic mass is 32.2. The number of benzene rings is 1. The summed E-state index contributed by atoms with van der Waals surface area (Å²) in [6.07, 6.45) is 5.44. The molecule has 17 heavy (non-hydrogen) atoms. The molecule has 1 unspecified atom stereocenters. The molecule has 1 nitrogen and oxygen atoms in total. The summed E-state index contributed by atoms with van der Waals surface area (Å²) in [5, 5.41) is 3.61. The van der Waals surface area contributed by atoms with Gasteiger partial charge >= 0.3 is 0 Å². The number of nitrogens with one attached hydrogen (secondary N) is 1. The third kappa shape index (κ3) is 4.04. The lowest BCUT2D eigenvalue weighted by molar-refractivity contribution is 0.395. The van der Waals surface area contributed by atoms with Crippen LogP contribution in [0.2, 0.25) is 0 Å². The van der Waals surface area contributed by atoms with E-state index in [1.807, 2.05) is 11.8 Å². The van der Waals surface area contributed by atoms with Gasteiger partial charge in [-0.15, -0.1) is 11.8 Å². The quantitative estimate of drug-likeness (QED) is 0.812. The fourth-order valence-corrected chi connectivity index (χ4v) is 3.36. The van der Waals surface area contributed by atoms with Crippen molar-refractivity contribution in [1.29, 1.82) is 0 Å². The van der Waals surface area contributed by atoms with Crippen molar-refractivity contribution in [3.05, 3.63) is 29.3 Å². The van der Waals surface area contributed by atoms with Gasteiger partial charge in [0, 0.05) is 10.9 Å². The molecule has 1 heterocycles. The summed E-state index contributed by atoms with van der Waals surface area (Å²) < 4.78 is 0. The highest BCUT2D eigenvalue weighted by Crippen LogP contribution is 2.23. The average Bonchev–Trinajstić information content (AvgIpc) is 2.35. The zero-order valence-corrected chi connectivity index (χ0v) is 11.8. The third-order valence-electron chi connectivity index (χ3n) is 3.63. The molecular formula is C15H23NS. The molecule has 1 aromatic carbocycles. The molecule has 1 aliphatic heterocycles. The SMILES string of the molecule is Cc1ccc(SCCC2CCCCN2)cc1C. The summed E-state index contributed by atoms with van der Waals surface area (Å²) in [5.41, 5.74) is 2.80. The molecule has 0 aliphatic carbocycles. The van der Waals surface area contributed by atoms with Gasteiger partial charge in [0.2, 0.25) is 0 Å². The molecule has 1 N–H and O–H groups in total. The van der Waals surface area contributed by atoms with E-state index in [1.165, 1.54) is 54.0 Å². The molecule has 0 bridgehead atoms. The van der Waals surface area contributed by atoms with Gasteiger partial charge in [-0.3, -0.25) is 0 Å². The smallest absolute Gasteiger partial charge is 0.00750 e. The number of hydrogen-bond donors (Lipinski definition) is 1. The lowest BCUT2D eigenvalue weighted by atomic mass is 10.0. The van der Waals surface area contributed by atoms with Gasteiger partial charge in [-0.05, 0) is 68.7 Å². The van der Waals surface area contributed by atoms with Gasteiger partial charge in [0.25, 0.3) is 0 Å². The minimum atomic E-state index is 0.766. The van der Waals surface area contributed by atoms with Gasteiger partial charge in [-0.25, -0.2) is 0 Å². The molecular weight excluding hydrogens is 226 g/mol. The van der Waals surface area contributed by atoms with Crippen molar-refractivity contribution >= 4 is 11.8 Å². The molecule has 0 amide bonds. The molecule has 94 valence electrons. The molecule has 0 radical (unpaired) electrons. The van der Waals surface area contributed by atoms with Crippen molar-refractivity contribution in [1.82, 2.24) is 5.32 Å². The topological polar surface area (TPSA) is 12.0 Å². The van der Waals surface area contributed by atoms with Crippen molar-refractivity contribution in [2.24, 2.45) is 0 Å². The van der Waals surface area contributed by atoms with Crippen LogP contribution in [-0.2, 0) is 0 Å². The van der Waals surface area contributed by atoms with E-state index in [0.717, 1.165) is 6.04 Å². The Labute approximate surface area is 109 Å². The normalized spacial score (nSPS) is 20.5. The van der Waals surface area contributed by atoms with Gasteiger partial charge in [0.05, 0.1) is 0 Å². The first-order chi connectivity index (χ1) is 8.25. The second-order valence-corrected chi connectivity index (χ2v) is 6.20. The van der Waals surface area contributed by atoms with Crippen LogP contribution in [0, 0.1) is 13.8 Å². The monoisotopic (exact) mass is 249 g/mol. The van der Waals surface area contributed by atoms with E-state index in [-0.39, 0.29) is 0 Å². The maximum absolute atomic E-state index is 3.61. The second-order valence-electron chi connectivity index (χ2n) is 5.03. The minimum absolute atomic E-state index is 0.766. The third-order valence-corrected chi connectivity index (χ3v) is 4.65. The molecule has 1 saturated heterocycles. The summed E-state index contributed by atoms with van der Waals surface area (Å²) in [4.78, 5) is 1.42. The van der Waals surface area contributed by atoms with Crippen LogP contribution >= 0.6 is 11.8 Å². The van der Waals surface area contributed by atoms with Crippen molar-refractivity contribution < 1.29 is 0 Å². The van der Waals surface area contributed by atoms with E-state index in [9.17, 15) is 0 Å². The first kappa shape index (κ1) is 13.0. The Bertz CT molecular complexity index is 356. The Morgan fingerprint density at radius 2 is 2.12 bits per heavy atom. The molecule has 0 aromatic heterocycles. The zero-order valence-electron chi connectivity index (χ0n) is 11.0. The van der Waals surface area contributed by atoms with E-state index in [1.54, 1.807) is 0 Å². The van der Waals surface area contributed by atoms with Crippen LogP contribution in [0.25, 0.3) is 0 Å². The van der Waals surface area contributed by atoms with Crippen LogP contribution in [0.4, 0.5) is 0 Å². The van der Waals surface area contributed by atoms with E-state index in [4.69, 9.17) is 0 Å². The van der Waals surface area contributed by atoms with Gasteiger partial charge in [0.15, 0.2) is 0 Å². The van der Waals surface area contributed by atoms with Crippen LogP contribution in [0.1, 0.15) is 36.8 Å². The minimum Gasteiger partial charge on any atom is -0.314 e. The van der Waals surface area contributed by atoms with Crippen LogP contribution in [0.5, 0.6) is 0 Å². The van der Waals surface area contributed by atoms with Crippen LogP contribution in [0.3, 0.4) is 0 Å². The Balaban J connectivity index is 1.75. The molecule has 0 spiro atoms. The molecule has 2 rings (SSSR count). The lowest BCUT2D eigenvalue weighted by Crippen LogP contribution is -2.34. The van der Waals surface area contributed by atoms with Crippen molar-refractivity contribution in [2.75, 3.05) is 12.3 Å². The maximum Gasteiger partial charge on any atom is 0.00750 e. The highest BCUT2D eigenvalue weighted by Gasteiger charge is 2.11. The fraction of sp³-hybridized carbons (Fsp3) is 0.600. The number of aryl methyl sites for hydroxylation is 2. The van der Waals surface area contributed by atoms with Gasteiger partial charge in [-0.2, -0.15) is 0 Å². The van der Waals surface area contributed by atoms with Crippen molar-refractivity contribution in [3.8, 4) is 0 Å². The largest absolute Gasteiger partial charge is 0.314 e. The molecule has 2 heteroatoms. The Morgan fingerprint density at radius 1 is 1.24 bits per heavy atom. The predicted octanol–water partition coefficient (Wildman–Crippen LogP) is 3.93. The Kier molecular flexibility index (Phi) is 4.93. The number of hydrogen-bond acceptors (Lipinski definition) is 2. The van der Waals surface area contributed by atoms with Gasteiger partial charge in [-0.1, -0.05) is 12.5 Å². The Hall–Kier alpha value is -0.470. The van der Waals surface area contributed by atoms with Crippen LogP contribution < -0.4 is 5.32 Å². The molecule has 1 aliphatic rings. The molecule has 1 aromatic rings. The van der Waals surface area contributed by atoms with E-state index >= 15 is 0 Å².